The summed E-state index contributed by atoms with van der Waals surface area (Å²) in [6.45, 7) is 10.1. The van der Waals surface area contributed by atoms with E-state index >= 15 is 0 Å². The Labute approximate surface area is 246 Å². The minimum Gasteiger partial charge on any atom is -0.485 e. The van der Waals surface area contributed by atoms with Gasteiger partial charge in [-0.3, -0.25) is 4.98 Å². The molecule has 1 aromatic heterocycles. The predicted molar refractivity (Wildman–Crippen MR) is 160 cm³/mol. The number of benzene rings is 2. The molecule has 0 saturated carbocycles. The number of pyridine rings is 1. The summed E-state index contributed by atoms with van der Waals surface area (Å²) in [4.78, 5) is 4.28. The number of aliphatic hydroxyl groups excluding tert-OH is 1. The largest absolute Gasteiger partial charge is 0.485 e. The molecule has 0 saturated heterocycles. The summed E-state index contributed by atoms with van der Waals surface area (Å²) in [5.41, 5.74) is 8.35. The molecule has 42 heavy (non-hydrogen) atoms. The lowest BCUT2D eigenvalue weighted by Gasteiger charge is -2.22. The molecule has 7 nitrogen and oxygen atoms in total. The van der Waals surface area contributed by atoms with Crippen molar-refractivity contribution in [3.8, 4) is 5.75 Å². The minimum absolute atomic E-state index is 0.0650. The Morgan fingerprint density at radius 3 is 2.24 bits per heavy atom. The van der Waals surface area contributed by atoms with E-state index in [4.69, 9.17) is 16.3 Å². The zero-order chi connectivity index (χ0) is 31.7. The first-order valence-corrected chi connectivity index (χ1v) is 14.2. The average molecular weight is 596 g/mol. The van der Waals surface area contributed by atoms with Crippen molar-refractivity contribution >= 4 is 10.9 Å². The van der Waals surface area contributed by atoms with Gasteiger partial charge in [0.25, 0.3) is 0 Å². The highest BCUT2D eigenvalue weighted by Gasteiger charge is 2.22. The Hall–Kier alpha value is -3.41. The van der Waals surface area contributed by atoms with Crippen molar-refractivity contribution < 1.29 is 27.4 Å². The summed E-state index contributed by atoms with van der Waals surface area (Å²) < 4.78 is 58.5. The molecule has 2 unspecified atom stereocenters. The van der Waals surface area contributed by atoms with Crippen molar-refractivity contribution in [2.45, 2.75) is 79.0 Å². The molecular weight excluding hydrogens is 550 g/mol. The second-order valence-electron chi connectivity index (χ2n) is 9.78. The van der Waals surface area contributed by atoms with Crippen LogP contribution in [0.15, 0.2) is 54.5 Å². The molecule has 3 rings (SSSR count). The van der Waals surface area contributed by atoms with Gasteiger partial charge in [0.2, 0.25) is 11.6 Å². The Bertz CT molecular complexity index is 1220. The number of aliphatic hydroxyl groups is 1. The van der Waals surface area contributed by atoms with E-state index in [0.29, 0.717) is 12.2 Å². The number of fused-ring (bicyclic) bond motifs is 1. The van der Waals surface area contributed by atoms with E-state index in [1.807, 2.05) is 37.3 Å². The predicted octanol–water partition coefficient (Wildman–Crippen LogP) is 6.30. The van der Waals surface area contributed by atoms with Crippen LogP contribution < -0.4 is 21.6 Å². The fourth-order valence-corrected chi connectivity index (χ4v) is 3.49. The summed E-state index contributed by atoms with van der Waals surface area (Å²) in [7, 11) is 0. The van der Waals surface area contributed by atoms with Gasteiger partial charge in [-0.05, 0) is 30.7 Å². The first-order chi connectivity index (χ1) is 20.0. The van der Waals surface area contributed by atoms with E-state index in [1.165, 1.54) is 31.9 Å². The average Bonchev–Trinajstić information content (AvgIpc) is 2.95. The molecular formula is C31H45F4N5O2. The standard InChI is InChI=1S/C23H25F4N5O2.C5H12.C3H8/c1-13(31-9-14-4-5-20-15(7-14)3-2-6-30-20)19(28)11-32(29)10-16(33)12-34-23-21(26)17(24)8-18(25)22(23)27;1-3-5-4-2;1-3-2/h2-8,11,13,16,31,33H,9-10,12,28-29H2,1H3;3-5H2,1-2H3;3H2,1-2H3/b19-11-;;. The molecule has 11 heteroatoms. The Balaban J connectivity index is 0.000000978. The second-order valence-corrected chi connectivity index (χ2v) is 9.78. The van der Waals surface area contributed by atoms with E-state index < -0.39 is 41.7 Å². The number of nitrogens with zero attached hydrogens (tertiary/aromatic N) is 2. The van der Waals surface area contributed by atoms with Gasteiger partial charge in [0.05, 0.1) is 12.1 Å². The fraction of sp³-hybridized carbons (Fsp3) is 0.452. The lowest BCUT2D eigenvalue weighted by atomic mass is 10.1. The Morgan fingerprint density at radius 1 is 1.05 bits per heavy atom. The lowest BCUT2D eigenvalue weighted by molar-refractivity contribution is 0.0772. The SMILES string of the molecule is CC(NCc1ccc2ncccc2c1)/C(N)=C/N(N)CC(O)COc1c(F)c(F)cc(F)c1F.CCC.CCCCC. The highest BCUT2D eigenvalue weighted by Crippen LogP contribution is 2.26. The molecule has 2 aromatic carbocycles. The van der Waals surface area contributed by atoms with Crippen LogP contribution in [0.4, 0.5) is 17.6 Å². The summed E-state index contributed by atoms with van der Waals surface area (Å²) in [5, 5.41) is 15.4. The van der Waals surface area contributed by atoms with E-state index in [-0.39, 0.29) is 18.7 Å². The number of hydrogen-bond acceptors (Lipinski definition) is 7. The molecule has 0 fully saturated rings. The Kier molecular flexibility index (Phi) is 17.1. The minimum atomic E-state index is -1.69. The number of hydrogen-bond donors (Lipinski definition) is 4. The van der Waals surface area contributed by atoms with Gasteiger partial charge in [-0.15, -0.1) is 0 Å². The molecule has 6 N–H and O–H groups in total. The van der Waals surface area contributed by atoms with E-state index in [0.717, 1.165) is 21.5 Å². The Morgan fingerprint density at radius 2 is 1.67 bits per heavy atom. The number of halogens is 4. The van der Waals surface area contributed by atoms with Crippen LogP contribution in [0, 0.1) is 23.3 Å². The van der Waals surface area contributed by atoms with Gasteiger partial charge in [-0.25, -0.2) is 14.6 Å². The third-order valence-electron chi connectivity index (χ3n) is 5.71. The van der Waals surface area contributed by atoms with Crippen LogP contribution in [0.5, 0.6) is 5.75 Å². The maximum atomic E-state index is 13.6. The first kappa shape index (κ1) is 36.6. The molecule has 3 aromatic rings. The molecule has 0 radical (unpaired) electrons. The van der Waals surface area contributed by atoms with Crippen molar-refractivity contribution in [2.24, 2.45) is 11.6 Å². The van der Waals surface area contributed by atoms with Crippen LogP contribution >= 0.6 is 0 Å². The van der Waals surface area contributed by atoms with Gasteiger partial charge in [0.1, 0.15) is 12.7 Å². The molecule has 0 spiro atoms. The highest BCUT2D eigenvalue weighted by atomic mass is 19.2. The van der Waals surface area contributed by atoms with Crippen molar-refractivity contribution in [1.82, 2.24) is 15.3 Å². The van der Waals surface area contributed by atoms with Crippen LogP contribution in [-0.4, -0.2) is 40.4 Å². The summed E-state index contributed by atoms with van der Waals surface area (Å²) in [6, 6.07) is 9.52. The van der Waals surface area contributed by atoms with Crippen LogP contribution in [0.1, 0.15) is 65.9 Å². The molecule has 2 atom stereocenters. The number of ether oxygens (including phenoxy) is 1. The molecule has 0 bridgehead atoms. The number of rotatable bonds is 12. The highest BCUT2D eigenvalue weighted by molar-refractivity contribution is 5.78. The van der Waals surface area contributed by atoms with E-state index in [2.05, 4.69) is 38.0 Å². The van der Waals surface area contributed by atoms with Crippen LogP contribution in [-0.2, 0) is 6.54 Å². The van der Waals surface area contributed by atoms with Gasteiger partial charge >= 0.3 is 0 Å². The van der Waals surface area contributed by atoms with Crippen molar-refractivity contribution in [2.75, 3.05) is 13.2 Å². The number of nitrogens with two attached hydrogens (primary N) is 2. The van der Waals surface area contributed by atoms with Gasteiger partial charge in [0, 0.05) is 42.1 Å². The van der Waals surface area contributed by atoms with Crippen molar-refractivity contribution in [3.63, 3.8) is 0 Å². The first-order valence-electron chi connectivity index (χ1n) is 14.2. The maximum absolute atomic E-state index is 13.6. The monoisotopic (exact) mass is 595 g/mol. The molecule has 234 valence electrons. The van der Waals surface area contributed by atoms with E-state index in [9.17, 15) is 22.7 Å². The maximum Gasteiger partial charge on any atom is 0.203 e. The zero-order valence-electron chi connectivity index (χ0n) is 25.1. The van der Waals surface area contributed by atoms with Gasteiger partial charge in [0.15, 0.2) is 17.4 Å². The second kappa shape index (κ2) is 19.7. The number of nitrogens with one attached hydrogen (secondary N) is 1. The fourth-order valence-electron chi connectivity index (χ4n) is 3.49. The topological polar surface area (TPSA) is 110 Å². The smallest absolute Gasteiger partial charge is 0.203 e. The molecule has 0 aliphatic heterocycles. The van der Waals surface area contributed by atoms with Crippen molar-refractivity contribution in [3.05, 3.63) is 83.3 Å². The summed E-state index contributed by atoms with van der Waals surface area (Å²) in [5.74, 6) is -2.04. The molecule has 1 heterocycles. The summed E-state index contributed by atoms with van der Waals surface area (Å²) in [6.07, 6.45) is 7.10. The number of hydrazine groups is 1. The number of aromatic nitrogens is 1. The van der Waals surface area contributed by atoms with Crippen LogP contribution in [0.2, 0.25) is 0 Å². The quantitative estimate of drug-likeness (QED) is 0.0842. The third kappa shape index (κ3) is 12.6. The van der Waals surface area contributed by atoms with Crippen LogP contribution in [0.3, 0.4) is 0 Å². The lowest BCUT2D eigenvalue weighted by Crippen LogP contribution is -2.39. The van der Waals surface area contributed by atoms with Crippen molar-refractivity contribution in [1.29, 1.82) is 0 Å². The molecule has 0 aliphatic carbocycles. The molecule has 0 amide bonds. The zero-order valence-corrected chi connectivity index (χ0v) is 25.1. The van der Waals surface area contributed by atoms with Gasteiger partial charge in [-0.2, -0.15) is 8.78 Å². The third-order valence-corrected chi connectivity index (χ3v) is 5.71. The number of unbranched alkanes of at least 4 members (excludes halogenated alkanes) is 2. The van der Waals surface area contributed by atoms with E-state index in [1.54, 1.807) is 6.20 Å². The summed E-state index contributed by atoms with van der Waals surface area (Å²) >= 11 is 0. The van der Waals surface area contributed by atoms with Gasteiger partial charge < -0.3 is 25.9 Å². The van der Waals surface area contributed by atoms with Crippen LogP contribution in [0.25, 0.3) is 10.9 Å². The molecule has 0 aliphatic rings. The normalized spacial score (nSPS) is 12.5. The van der Waals surface area contributed by atoms with Gasteiger partial charge in [-0.1, -0.05) is 65.5 Å².